The van der Waals surface area contributed by atoms with Crippen LogP contribution in [0.1, 0.15) is 12.5 Å². The first-order chi connectivity index (χ1) is 7.95. The summed E-state index contributed by atoms with van der Waals surface area (Å²) in [4.78, 5) is 13.3. The quantitative estimate of drug-likeness (QED) is 0.901. The monoisotopic (exact) mass is 300 g/mol. The van der Waals surface area contributed by atoms with Gasteiger partial charge in [0, 0.05) is 17.2 Å². The molecule has 0 radical (unpaired) electrons. The van der Waals surface area contributed by atoms with Crippen molar-refractivity contribution in [2.75, 3.05) is 19.0 Å². The van der Waals surface area contributed by atoms with Crippen molar-refractivity contribution < 1.29 is 9.90 Å². The summed E-state index contributed by atoms with van der Waals surface area (Å²) in [5.41, 5.74) is 1.76. The topological polar surface area (TPSA) is 52.6 Å². The molecule has 0 spiro atoms. The number of benzene rings is 1. The van der Waals surface area contributed by atoms with E-state index in [1.54, 1.807) is 14.0 Å². The van der Waals surface area contributed by atoms with Gasteiger partial charge in [-0.3, -0.25) is 0 Å². The Hall–Kier alpha value is -1.07. The maximum Gasteiger partial charge on any atom is 0.321 e. The molecule has 0 saturated carbocycles. The molecule has 2 amide bonds. The van der Waals surface area contributed by atoms with Crippen LogP contribution in [0.4, 0.5) is 10.5 Å². The Bertz CT molecular complexity index is 409. The second-order valence-electron chi connectivity index (χ2n) is 4.03. The summed E-state index contributed by atoms with van der Waals surface area (Å²) in [5, 5.41) is 11.8. The van der Waals surface area contributed by atoms with E-state index in [2.05, 4.69) is 21.2 Å². The first-order valence-electron chi connectivity index (χ1n) is 5.36. The van der Waals surface area contributed by atoms with Crippen molar-refractivity contribution in [2.24, 2.45) is 0 Å². The zero-order valence-corrected chi connectivity index (χ0v) is 11.8. The minimum absolute atomic E-state index is 0.0523. The van der Waals surface area contributed by atoms with Crippen molar-refractivity contribution in [2.45, 2.75) is 19.9 Å². The lowest BCUT2D eigenvalue weighted by Crippen LogP contribution is -2.40. The zero-order chi connectivity index (χ0) is 13.0. The number of hydrogen-bond donors (Lipinski definition) is 2. The van der Waals surface area contributed by atoms with Crippen LogP contribution in [0.5, 0.6) is 0 Å². The van der Waals surface area contributed by atoms with E-state index < -0.39 is 0 Å². The molecule has 1 unspecified atom stereocenters. The van der Waals surface area contributed by atoms with E-state index in [1.807, 2.05) is 25.1 Å². The molecule has 1 atom stereocenters. The van der Waals surface area contributed by atoms with E-state index in [0.29, 0.717) is 0 Å². The number of nitrogens with zero attached hydrogens (tertiary/aromatic N) is 1. The predicted octanol–water partition coefficient (Wildman–Crippen LogP) is 2.60. The number of carbonyl (C=O) groups is 1. The van der Waals surface area contributed by atoms with E-state index in [1.165, 1.54) is 4.90 Å². The second kappa shape index (κ2) is 6.02. The number of hydrogen-bond acceptors (Lipinski definition) is 2. The number of aliphatic hydroxyl groups is 1. The number of rotatable bonds is 3. The van der Waals surface area contributed by atoms with Crippen molar-refractivity contribution in [3.63, 3.8) is 0 Å². The van der Waals surface area contributed by atoms with Crippen LogP contribution in [0, 0.1) is 6.92 Å². The van der Waals surface area contributed by atoms with Gasteiger partial charge in [-0.2, -0.15) is 0 Å². The summed E-state index contributed by atoms with van der Waals surface area (Å²) in [5.74, 6) is 0. The number of urea groups is 1. The highest BCUT2D eigenvalue weighted by Gasteiger charge is 2.15. The average molecular weight is 301 g/mol. The van der Waals surface area contributed by atoms with E-state index >= 15 is 0 Å². The summed E-state index contributed by atoms with van der Waals surface area (Å²) >= 11 is 3.37. The first kappa shape index (κ1) is 14.0. The zero-order valence-electron chi connectivity index (χ0n) is 10.2. The van der Waals surface area contributed by atoms with Gasteiger partial charge in [-0.25, -0.2) is 4.79 Å². The maximum absolute atomic E-state index is 11.8. The van der Waals surface area contributed by atoms with Crippen molar-refractivity contribution in [1.29, 1.82) is 0 Å². The van der Waals surface area contributed by atoms with Gasteiger partial charge < -0.3 is 15.3 Å². The fraction of sp³-hybridized carbons (Fsp3) is 0.417. The number of aliphatic hydroxyl groups excluding tert-OH is 1. The molecule has 17 heavy (non-hydrogen) atoms. The standard InChI is InChI=1S/C12H17BrN2O2/c1-8-6-10(13)4-5-11(8)14-12(17)15(3)9(2)7-16/h4-6,9,16H,7H2,1-3H3,(H,14,17). The van der Waals surface area contributed by atoms with Gasteiger partial charge in [-0.15, -0.1) is 0 Å². The molecule has 1 aromatic carbocycles. The van der Waals surface area contributed by atoms with Crippen LogP contribution in [-0.2, 0) is 0 Å². The van der Waals surface area contributed by atoms with Crippen LogP contribution in [-0.4, -0.2) is 35.7 Å². The highest BCUT2D eigenvalue weighted by Crippen LogP contribution is 2.20. The minimum atomic E-state index is -0.225. The lowest BCUT2D eigenvalue weighted by atomic mass is 10.2. The smallest absolute Gasteiger partial charge is 0.321 e. The van der Waals surface area contributed by atoms with Gasteiger partial charge >= 0.3 is 6.03 Å². The molecule has 0 aliphatic heterocycles. The van der Waals surface area contributed by atoms with Crippen molar-refractivity contribution >= 4 is 27.6 Å². The molecule has 0 aliphatic carbocycles. The third kappa shape index (κ3) is 3.71. The van der Waals surface area contributed by atoms with Gasteiger partial charge in [0.25, 0.3) is 0 Å². The lowest BCUT2D eigenvalue weighted by molar-refractivity contribution is 0.166. The molecule has 0 fully saturated rings. The summed E-state index contributed by atoms with van der Waals surface area (Å²) in [6.07, 6.45) is 0. The number of halogens is 1. The van der Waals surface area contributed by atoms with Crippen LogP contribution in [0.3, 0.4) is 0 Å². The number of amides is 2. The number of anilines is 1. The highest BCUT2D eigenvalue weighted by molar-refractivity contribution is 9.10. The first-order valence-corrected chi connectivity index (χ1v) is 6.15. The molecule has 0 aromatic heterocycles. The van der Waals surface area contributed by atoms with E-state index in [9.17, 15) is 4.79 Å². The molecule has 0 heterocycles. The third-order valence-corrected chi connectivity index (χ3v) is 3.17. The Balaban J connectivity index is 2.74. The fourth-order valence-electron chi connectivity index (χ4n) is 1.29. The van der Waals surface area contributed by atoms with Gasteiger partial charge in [0.15, 0.2) is 0 Å². The lowest BCUT2D eigenvalue weighted by Gasteiger charge is -2.23. The van der Waals surface area contributed by atoms with Crippen molar-refractivity contribution in [1.82, 2.24) is 4.90 Å². The molecule has 5 heteroatoms. The summed E-state index contributed by atoms with van der Waals surface area (Å²) in [7, 11) is 1.66. The molecule has 0 saturated heterocycles. The molecule has 94 valence electrons. The van der Waals surface area contributed by atoms with Gasteiger partial charge in [0.05, 0.1) is 12.6 Å². The molecule has 1 rings (SSSR count). The van der Waals surface area contributed by atoms with Gasteiger partial charge in [0.2, 0.25) is 0 Å². The number of aryl methyl sites for hydroxylation is 1. The number of nitrogens with one attached hydrogen (secondary N) is 1. The summed E-state index contributed by atoms with van der Waals surface area (Å²) < 4.78 is 0.977. The van der Waals surface area contributed by atoms with Crippen LogP contribution < -0.4 is 5.32 Å². The SMILES string of the molecule is Cc1cc(Br)ccc1NC(=O)N(C)C(C)CO. The van der Waals surface area contributed by atoms with Crippen LogP contribution >= 0.6 is 15.9 Å². The Morgan fingerprint density at radius 3 is 2.76 bits per heavy atom. The van der Waals surface area contributed by atoms with Crippen LogP contribution in [0.15, 0.2) is 22.7 Å². The van der Waals surface area contributed by atoms with Crippen molar-refractivity contribution in [3.05, 3.63) is 28.2 Å². The molecule has 4 nitrogen and oxygen atoms in total. The largest absolute Gasteiger partial charge is 0.394 e. The predicted molar refractivity (Wildman–Crippen MR) is 72.2 cm³/mol. The Morgan fingerprint density at radius 2 is 2.24 bits per heavy atom. The minimum Gasteiger partial charge on any atom is -0.394 e. The normalized spacial score (nSPS) is 12.1. The third-order valence-electron chi connectivity index (χ3n) is 2.68. The van der Waals surface area contributed by atoms with Crippen LogP contribution in [0.25, 0.3) is 0 Å². The van der Waals surface area contributed by atoms with Gasteiger partial charge in [0.1, 0.15) is 0 Å². The van der Waals surface area contributed by atoms with Crippen molar-refractivity contribution in [3.8, 4) is 0 Å². The molecule has 0 aliphatic rings. The van der Waals surface area contributed by atoms with E-state index in [-0.39, 0.29) is 18.7 Å². The Kier molecular flexibility index (Phi) is 4.96. The van der Waals surface area contributed by atoms with Gasteiger partial charge in [-0.1, -0.05) is 15.9 Å². The summed E-state index contributed by atoms with van der Waals surface area (Å²) in [6, 6.07) is 5.22. The average Bonchev–Trinajstić information content (AvgIpc) is 2.30. The molecular formula is C12H17BrN2O2. The summed E-state index contributed by atoms with van der Waals surface area (Å²) in [6.45, 7) is 3.66. The number of likely N-dealkylation sites (N-methyl/N-ethyl adjacent to an activating group) is 1. The molecular weight excluding hydrogens is 284 g/mol. The fourth-order valence-corrected chi connectivity index (χ4v) is 1.77. The van der Waals surface area contributed by atoms with Crippen LogP contribution in [0.2, 0.25) is 0 Å². The molecule has 0 bridgehead atoms. The molecule has 1 aromatic rings. The molecule has 2 N–H and O–H groups in total. The van der Waals surface area contributed by atoms with E-state index in [4.69, 9.17) is 5.11 Å². The van der Waals surface area contributed by atoms with Gasteiger partial charge in [-0.05, 0) is 37.6 Å². The Morgan fingerprint density at radius 1 is 1.59 bits per heavy atom. The number of carbonyl (C=O) groups excluding carboxylic acids is 1. The van der Waals surface area contributed by atoms with E-state index in [0.717, 1.165) is 15.7 Å². The highest BCUT2D eigenvalue weighted by atomic mass is 79.9. The maximum atomic E-state index is 11.8. The Labute approximate surface area is 110 Å². The second-order valence-corrected chi connectivity index (χ2v) is 4.95.